The Kier molecular flexibility index (Phi) is 8.84. The Balaban J connectivity index is 1.49. The first kappa shape index (κ1) is 25.7. The maximum Gasteiger partial charge on any atom is 0.261 e. The molecule has 0 radical (unpaired) electrons. The van der Waals surface area contributed by atoms with E-state index in [-0.39, 0.29) is 24.5 Å². The van der Waals surface area contributed by atoms with Crippen LogP contribution in [0.25, 0.3) is 10.8 Å². The second kappa shape index (κ2) is 12.0. The van der Waals surface area contributed by atoms with Crippen LogP contribution in [0.15, 0.2) is 69.6 Å². The number of hydrogen-bond donors (Lipinski definition) is 1. The van der Waals surface area contributed by atoms with E-state index < -0.39 is 6.04 Å². The van der Waals surface area contributed by atoms with E-state index in [1.165, 1.54) is 6.42 Å². The normalized spacial score (nSPS) is 14.9. The van der Waals surface area contributed by atoms with E-state index in [0.29, 0.717) is 12.3 Å². The molecule has 1 fully saturated rings. The minimum atomic E-state index is -0.618. The number of carbonyl (C=O) groups is 2. The van der Waals surface area contributed by atoms with Gasteiger partial charge < -0.3 is 15.0 Å². The topological polar surface area (TPSA) is 58.6 Å². The number of nitrogens with one attached hydrogen (secondary N) is 1. The van der Waals surface area contributed by atoms with Crippen LogP contribution in [0.3, 0.4) is 0 Å². The van der Waals surface area contributed by atoms with Gasteiger partial charge in [-0.05, 0) is 70.2 Å². The van der Waals surface area contributed by atoms with Crippen molar-refractivity contribution in [2.45, 2.75) is 57.7 Å². The summed E-state index contributed by atoms with van der Waals surface area (Å²) in [5.41, 5.74) is 0.942. The highest BCUT2D eigenvalue weighted by Gasteiger charge is 2.28. The van der Waals surface area contributed by atoms with E-state index in [4.69, 9.17) is 4.74 Å². The van der Waals surface area contributed by atoms with Crippen LogP contribution >= 0.6 is 31.9 Å². The van der Waals surface area contributed by atoms with Gasteiger partial charge in [-0.3, -0.25) is 9.59 Å². The maximum absolute atomic E-state index is 13.4. The van der Waals surface area contributed by atoms with Crippen molar-refractivity contribution in [3.63, 3.8) is 0 Å². The first-order chi connectivity index (χ1) is 16.9. The monoisotopic (exact) mass is 600 g/mol. The van der Waals surface area contributed by atoms with Gasteiger partial charge in [0.15, 0.2) is 6.61 Å². The third-order valence-electron chi connectivity index (χ3n) is 6.54. The van der Waals surface area contributed by atoms with Gasteiger partial charge >= 0.3 is 0 Å². The zero-order valence-electron chi connectivity index (χ0n) is 19.8. The summed E-state index contributed by atoms with van der Waals surface area (Å²) in [7, 11) is 0. The zero-order valence-corrected chi connectivity index (χ0v) is 23.0. The molecule has 0 heterocycles. The fourth-order valence-corrected chi connectivity index (χ4v) is 5.59. The third-order valence-corrected chi connectivity index (χ3v) is 7.85. The molecule has 1 aliphatic carbocycles. The molecule has 4 rings (SSSR count). The lowest BCUT2D eigenvalue weighted by atomic mass is 9.95. The predicted molar refractivity (Wildman–Crippen MR) is 146 cm³/mol. The van der Waals surface area contributed by atoms with Crippen LogP contribution in [0.1, 0.15) is 44.6 Å². The summed E-state index contributed by atoms with van der Waals surface area (Å²) in [6.45, 7) is 1.95. The molecular weight excluding hydrogens is 572 g/mol. The molecule has 0 aromatic heterocycles. The Labute approximate surface area is 223 Å². The molecule has 35 heavy (non-hydrogen) atoms. The van der Waals surface area contributed by atoms with Crippen LogP contribution in [0.2, 0.25) is 0 Å². The quantitative estimate of drug-likeness (QED) is 0.316. The summed E-state index contributed by atoms with van der Waals surface area (Å²) in [6, 6.07) is 19.2. The van der Waals surface area contributed by atoms with Crippen molar-refractivity contribution in [2.24, 2.45) is 0 Å². The predicted octanol–water partition coefficient (Wildman–Crippen LogP) is 6.61. The van der Waals surface area contributed by atoms with Gasteiger partial charge in [-0.2, -0.15) is 0 Å². The van der Waals surface area contributed by atoms with Crippen molar-refractivity contribution < 1.29 is 14.3 Å². The van der Waals surface area contributed by atoms with Crippen molar-refractivity contribution >= 4 is 54.4 Å². The van der Waals surface area contributed by atoms with Gasteiger partial charge in [-0.25, -0.2) is 0 Å². The molecule has 1 saturated carbocycles. The van der Waals surface area contributed by atoms with Gasteiger partial charge in [0, 0.05) is 17.1 Å². The average Bonchev–Trinajstić information content (AvgIpc) is 2.87. The summed E-state index contributed by atoms with van der Waals surface area (Å²) in [6.07, 6.45) is 5.48. The first-order valence-electron chi connectivity index (χ1n) is 12.1. The number of hydrogen-bond acceptors (Lipinski definition) is 3. The lowest BCUT2D eigenvalue weighted by molar-refractivity contribution is -0.142. The third kappa shape index (κ3) is 6.64. The minimum absolute atomic E-state index is 0.118. The molecular formula is C28H30Br2N2O3. The molecule has 7 heteroatoms. The van der Waals surface area contributed by atoms with E-state index in [1.807, 2.05) is 60.7 Å². The second-order valence-electron chi connectivity index (χ2n) is 9.06. The standard InChI is InChI=1S/C28H30Br2N2O3/c1-19(28(34)31-23-11-3-2-4-12-23)32(17-20-8-7-10-22(29)16-20)26(33)18-35-25-15-14-21-9-5-6-13-24(21)27(25)30/h5-10,13-16,19,23H,2-4,11-12,17-18H2,1H3,(H,31,34)/t19-/m0/s1. The minimum Gasteiger partial charge on any atom is -0.483 e. The Bertz CT molecular complexity index is 1190. The summed E-state index contributed by atoms with van der Waals surface area (Å²) >= 11 is 7.12. The van der Waals surface area contributed by atoms with Crippen LogP contribution < -0.4 is 10.1 Å². The van der Waals surface area contributed by atoms with Gasteiger partial charge in [0.1, 0.15) is 11.8 Å². The number of nitrogens with zero attached hydrogens (tertiary/aromatic N) is 1. The van der Waals surface area contributed by atoms with E-state index in [1.54, 1.807) is 11.8 Å². The van der Waals surface area contributed by atoms with Crippen molar-refractivity contribution in [1.29, 1.82) is 0 Å². The molecule has 0 saturated heterocycles. The number of halogens is 2. The smallest absolute Gasteiger partial charge is 0.261 e. The van der Waals surface area contributed by atoms with Crippen molar-refractivity contribution in [1.82, 2.24) is 10.2 Å². The zero-order chi connectivity index (χ0) is 24.8. The van der Waals surface area contributed by atoms with Crippen LogP contribution in [-0.2, 0) is 16.1 Å². The van der Waals surface area contributed by atoms with Gasteiger partial charge in [0.05, 0.1) is 4.47 Å². The number of ether oxygens (including phenoxy) is 1. The fraction of sp³-hybridized carbons (Fsp3) is 0.357. The number of amides is 2. The molecule has 1 aliphatic rings. The van der Waals surface area contributed by atoms with Gasteiger partial charge in [-0.15, -0.1) is 0 Å². The molecule has 1 N–H and O–H groups in total. The molecule has 5 nitrogen and oxygen atoms in total. The second-order valence-corrected chi connectivity index (χ2v) is 10.8. The molecule has 1 atom stereocenters. The van der Waals surface area contributed by atoms with Crippen molar-refractivity contribution in [3.8, 4) is 5.75 Å². The van der Waals surface area contributed by atoms with Gasteiger partial charge in [-0.1, -0.05) is 77.7 Å². The summed E-state index contributed by atoms with van der Waals surface area (Å²) < 4.78 is 7.69. The molecule has 3 aromatic carbocycles. The Morgan fingerprint density at radius 2 is 1.80 bits per heavy atom. The Hall–Kier alpha value is -2.38. The van der Waals surface area contributed by atoms with Gasteiger partial charge in [0.25, 0.3) is 5.91 Å². The Morgan fingerprint density at radius 1 is 1.03 bits per heavy atom. The largest absolute Gasteiger partial charge is 0.483 e. The summed E-state index contributed by atoms with van der Waals surface area (Å²) in [4.78, 5) is 28.1. The number of carbonyl (C=O) groups excluding carboxylic acids is 2. The van der Waals surface area contributed by atoms with Crippen molar-refractivity contribution in [3.05, 3.63) is 75.2 Å². The average molecular weight is 602 g/mol. The highest BCUT2D eigenvalue weighted by atomic mass is 79.9. The van der Waals surface area contributed by atoms with E-state index in [2.05, 4.69) is 37.2 Å². The van der Waals surface area contributed by atoms with Crippen LogP contribution in [0.4, 0.5) is 0 Å². The maximum atomic E-state index is 13.4. The van der Waals surface area contributed by atoms with E-state index >= 15 is 0 Å². The van der Waals surface area contributed by atoms with Crippen LogP contribution in [0, 0.1) is 0 Å². The van der Waals surface area contributed by atoms with E-state index in [9.17, 15) is 9.59 Å². The number of benzene rings is 3. The summed E-state index contributed by atoms with van der Waals surface area (Å²) in [5, 5.41) is 5.27. The fourth-order valence-electron chi connectivity index (χ4n) is 4.53. The molecule has 0 bridgehead atoms. The van der Waals surface area contributed by atoms with Gasteiger partial charge in [0.2, 0.25) is 5.91 Å². The van der Waals surface area contributed by atoms with Crippen LogP contribution in [-0.4, -0.2) is 35.4 Å². The number of rotatable bonds is 8. The molecule has 2 amide bonds. The van der Waals surface area contributed by atoms with Crippen LogP contribution in [0.5, 0.6) is 5.75 Å². The molecule has 3 aromatic rings. The molecule has 184 valence electrons. The molecule has 0 spiro atoms. The Morgan fingerprint density at radius 3 is 2.57 bits per heavy atom. The van der Waals surface area contributed by atoms with Crippen molar-refractivity contribution in [2.75, 3.05) is 6.61 Å². The highest BCUT2D eigenvalue weighted by Crippen LogP contribution is 2.33. The molecule has 0 aliphatic heterocycles. The molecule has 0 unspecified atom stereocenters. The first-order valence-corrected chi connectivity index (χ1v) is 13.7. The SMILES string of the molecule is C[C@@H](C(=O)NC1CCCCC1)N(Cc1cccc(Br)c1)C(=O)COc1ccc2ccccc2c1Br. The summed E-state index contributed by atoms with van der Waals surface area (Å²) in [5.74, 6) is 0.238. The lowest BCUT2D eigenvalue weighted by Gasteiger charge is -2.31. The number of fused-ring (bicyclic) bond motifs is 1. The highest BCUT2D eigenvalue weighted by molar-refractivity contribution is 9.11. The lowest BCUT2D eigenvalue weighted by Crippen LogP contribution is -2.51. The van der Waals surface area contributed by atoms with E-state index in [0.717, 1.165) is 51.0 Å².